The van der Waals surface area contributed by atoms with Crippen molar-refractivity contribution in [2.24, 2.45) is 0 Å². The number of benzene rings is 1. The number of hydrogen-bond donors (Lipinski definition) is 1. The summed E-state index contributed by atoms with van der Waals surface area (Å²) in [5, 5.41) is 9.87. The molecule has 1 N–H and O–H groups in total. The van der Waals surface area contributed by atoms with E-state index in [1.54, 1.807) is 11.3 Å². The summed E-state index contributed by atoms with van der Waals surface area (Å²) in [5.74, 6) is 0.952. The van der Waals surface area contributed by atoms with Gasteiger partial charge >= 0.3 is 0 Å². The van der Waals surface area contributed by atoms with Crippen LogP contribution in [0, 0.1) is 0 Å². The smallest absolute Gasteiger partial charge is 0.119 e. The quantitative estimate of drug-likeness (QED) is 0.587. The van der Waals surface area contributed by atoms with Gasteiger partial charge in [0.1, 0.15) is 18.1 Å². The summed E-state index contributed by atoms with van der Waals surface area (Å²) < 4.78 is 11.4. The number of H-pyrrole nitrogens is 1. The van der Waals surface area contributed by atoms with Crippen LogP contribution in [-0.2, 0) is 11.2 Å². The molecule has 2 aromatic heterocycles. The van der Waals surface area contributed by atoms with Crippen LogP contribution in [0.25, 0.3) is 21.8 Å². The topological polar surface area (TPSA) is 50.4 Å². The fourth-order valence-electron chi connectivity index (χ4n) is 3.74. The number of nitrogens with one attached hydrogen (secondary N) is 1. The molecule has 1 aliphatic heterocycles. The molecule has 6 heteroatoms. The van der Waals surface area contributed by atoms with Crippen molar-refractivity contribution >= 4 is 11.3 Å². The summed E-state index contributed by atoms with van der Waals surface area (Å²) in [6.45, 7) is 5.33. The molecule has 1 fully saturated rings. The molecule has 3 aromatic rings. The summed E-state index contributed by atoms with van der Waals surface area (Å²) in [7, 11) is 0. The summed E-state index contributed by atoms with van der Waals surface area (Å²) in [5.41, 5.74) is 6.10. The Morgan fingerprint density at radius 1 is 1.23 bits per heavy atom. The van der Waals surface area contributed by atoms with Gasteiger partial charge in [0.15, 0.2) is 0 Å². The van der Waals surface area contributed by atoms with E-state index in [0.29, 0.717) is 6.61 Å². The summed E-state index contributed by atoms with van der Waals surface area (Å²) in [6.07, 6.45) is 0.912. The third kappa shape index (κ3) is 2.94. The van der Waals surface area contributed by atoms with E-state index in [1.807, 2.05) is 0 Å². The zero-order valence-electron chi connectivity index (χ0n) is 14.5. The van der Waals surface area contributed by atoms with Crippen molar-refractivity contribution in [3.63, 3.8) is 0 Å². The Hall–Kier alpha value is -2.15. The minimum absolute atomic E-state index is 0.714. The average molecular weight is 367 g/mol. The lowest BCUT2D eigenvalue weighted by Gasteiger charge is -2.26. The molecule has 1 aliphatic carbocycles. The van der Waals surface area contributed by atoms with Crippen LogP contribution in [0.3, 0.4) is 0 Å². The molecule has 26 heavy (non-hydrogen) atoms. The maximum Gasteiger partial charge on any atom is 0.119 e. The molecule has 1 saturated heterocycles. The second-order valence-electron chi connectivity index (χ2n) is 6.70. The molecule has 0 unspecified atom stereocenters. The first kappa shape index (κ1) is 16.1. The van der Waals surface area contributed by atoms with E-state index < -0.39 is 0 Å². The third-order valence-corrected chi connectivity index (χ3v) is 5.99. The highest BCUT2D eigenvalue weighted by Crippen LogP contribution is 2.42. The molecule has 5 rings (SSSR count). The normalized spacial score (nSPS) is 16.5. The van der Waals surface area contributed by atoms with Crippen LogP contribution < -0.4 is 4.74 Å². The molecule has 0 bridgehead atoms. The van der Waals surface area contributed by atoms with Gasteiger partial charge in [-0.1, -0.05) is 6.07 Å². The zero-order chi connectivity index (χ0) is 17.3. The molecule has 134 valence electrons. The number of thiophene rings is 1. The van der Waals surface area contributed by atoms with Crippen molar-refractivity contribution in [1.82, 2.24) is 15.1 Å². The van der Waals surface area contributed by atoms with Gasteiger partial charge in [-0.3, -0.25) is 10.00 Å². The van der Waals surface area contributed by atoms with E-state index in [9.17, 15) is 0 Å². The Balaban J connectivity index is 1.28. The Kier molecular flexibility index (Phi) is 4.24. The Morgan fingerprint density at radius 3 is 3.00 bits per heavy atom. The lowest BCUT2D eigenvalue weighted by Crippen LogP contribution is -2.38. The van der Waals surface area contributed by atoms with E-state index in [4.69, 9.17) is 9.47 Å². The van der Waals surface area contributed by atoms with Gasteiger partial charge in [-0.2, -0.15) is 5.10 Å². The Bertz CT molecular complexity index is 898. The molecule has 1 aromatic carbocycles. The number of nitrogens with zero attached hydrogens (tertiary/aromatic N) is 2. The SMILES string of the molecule is c1csc(-c2n[nH]c3c2Cc2cc(OCCN4CCOCC4)ccc2-3)c1. The second kappa shape index (κ2) is 6.87. The maximum atomic E-state index is 6.01. The number of aromatic amines is 1. The molecule has 0 saturated carbocycles. The average Bonchev–Trinajstić information content (AvgIpc) is 3.38. The zero-order valence-corrected chi connectivity index (χ0v) is 15.3. The number of rotatable bonds is 5. The predicted octanol–water partition coefficient (Wildman–Crippen LogP) is 3.42. The Morgan fingerprint density at radius 2 is 2.15 bits per heavy atom. The van der Waals surface area contributed by atoms with Crippen LogP contribution in [0.15, 0.2) is 35.7 Å². The number of ether oxygens (including phenoxy) is 2. The standard InChI is InChI=1S/C20H21N3O2S/c1-2-18(26-11-1)20-17-13-14-12-15(3-4-16(14)19(17)21-22-20)25-10-7-23-5-8-24-9-6-23/h1-4,11-12H,5-10,13H2,(H,21,22). The van der Waals surface area contributed by atoms with Crippen LogP contribution in [0.1, 0.15) is 11.1 Å². The van der Waals surface area contributed by atoms with Crippen molar-refractivity contribution in [3.05, 3.63) is 46.8 Å². The molecule has 0 spiro atoms. The van der Waals surface area contributed by atoms with Crippen LogP contribution in [0.5, 0.6) is 5.75 Å². The summed E-state index contributed by atoms with van der Waals surface area (Å²) in [6, 6.07) is 10.6. The van der Waals surface area contributed by atoms with Crippen LogP contribution >= 0.6 is 11.3 Å². The highest BCUT2D eigenvalue weighted by Gasteiger charge is 2.25. The van der Waals surface area contributed by atoms with Gasteiger partial charge in [0.05, 0.1) is 23.8 Å². The molecule has 0 atom stereocenters. The lowest BCUT2D eigenvalue weighted by atomic mass is 10.1. The minimum Gasteiger partial charge on any atom is -0.492 e. The van der Waals surface area contributed by atoms with Crippen molar-refractivity contribution in [1.29, 1.82) is 0 Å². The minimum atomic E-state index is 0.714. The van der Waals surface area contributed by atoms with Gasteiger partial charge in [-0.25, -0.2) is 0 Å². The van der Waals surface area contributed by atoms with E-state index >= 15 is 0 Å². The monoisotopic (exact) mass is 367 g/mol. The van der Waals surface area contributed by atoms with Crippen molar-refractivity contribution in [2.45, 2.75) is 6.42 Å². The molecule has 3 heterocycles. The number of aromatic nitrogens is 2. The summed E-state index contributed by atoms with van der Waals surface area (Å²) in [4.78, 5) is 3.61. The number of morpholine rings is 1. The molecular weight excluding hydrogens is 346 g/mol. The summed E-state index contributed by atoms with van der Waals surface area (Å²) >= 11 is 1.73. The van der Waals surface area contributed by atoms with Gasteiger partial charge < -0.3 is 9.47 Å². The van der Waals surface area contributed by atoms with Gasteiger partial charge in [-0.15, -0.1) is 11.3 Å². The molecule has 0 amide bonds. The fraction of sp³-hybridized carbons (Fsp3) is 0.350. The fourth-order valence-corrected chi connectivity index (χ4v) is 4.48. The first-order valence-electron chi connectivity index (χ1n) is 9.06. The van der Waals surface area contributed by atoms with Gasteiger partial charge in [0.2, 0.25) is 0 Å². The van der Waals surface area contributed by atoms with E-state index in [-0.39, 0.29) is 0 Å². The van der Waals surface area contributed by atoms with Gasteiger partial charge in [0.25, 0.3) is 0 Å². The molecule has 5 nitrogen and oxygen atoms in total. The van der Waals surface area contributed by atoms with Gasteiger partial charge in [0, 0.05) is 37.2 Å². The second-order valence-corrected chi connectivity index (χ2v) is 7.65. The molecule has 2 aliphatic rings. The highest BCUT2D eigenvalue weighted by atomic mass is 32.1. The lowest BCUT2D eigenvalue weighted by molar-refractivity contribution is 0.0322. The van der Waals surface area contributed by atoms with Crippen LogP contribution in [-0.4, -0.2) is 54.6 Å². The first-order valence-corrected chi connectivity index (χ1v) is 9.94. The largest absolute Gasteiger partial charge is 0.492 e. The van der Waals surface area contributed by atoms with Gasteiger partial charge in [-0.05, 0) is 35.2 Å². The maximum absolute atomic E-state index is 6.01. The van der Waals surface area contributed by atoms with Crippen LogP contribution in [0.4, 0.5) is 0 Å². The predicted molar refractivity (Wildman–Crippen MR) is 103 cm³/mol. The molecular formula is C20H21N3O2S. The first-order chi connectivity index (χ1) is 12.9. The third-order valence-electron chi connectivity index (χ3n) is 5.11. The van der Waals surface area contributed by atoms with Crippen molar-refractivity contribution in [3.8, 4) is 27.6 Å². The number of fused-ring (bicyclic) bond motifs is 3. The van der Waals surface area contributed by atoms with E-state index in [2.05, 4.69) is 50.8 Å². The Labute approximate surface area is 156 Å². The van der Waals surface area contributed by atoms with E-state index in [0.717, 1.165) is 56.4 Å². The highest BCUT2D eigenvalue weighted by molar-refractivity contribution is 7.13. The van der Waals surface area contributed by atoms with Crippen molar-refractivity contribution in [2.75, 3.05) is 39.5 Å². The van der Waals surface area contributed by atoms with Crippen LogP contribution in [0.2, 0.25) is 0 Å². The molecule has 0 radical (unpaired) electrons. The van der Waals surface area contributed by atoms with Crippen molar-refractivity contribution < 1.29 is 9.47 Å². The van der Waals surface area contributed by atoms with E-state index in [1.165, 1.54) is 21.6 Å². The number of hydrogen-bond acceptors (Lipinski definition) is 5.